The molecule has 118 valence electrons. The second kappa shape index (κ2) is 6.34. The van der Waals surface area contributed by atoms with Gasteiger partial charge < -0.3 is 10.5 Å². The van der Waals surface area contributed by atoms with Gasteiger partial charge in [0.1, 0.15) is 10.6 Å². The summed E-state index contributed by atoms with van der Waals surface area (Å²) in [7, 11) is -2.08. The Bertz CT molecular complexity index is 606. The van der Waals surface area contributed by atoms with Gasteiger partial charge in [-0.05, 0) is 56.7 Å². The van der Waals surface area contributed by atoms with Gasteiger partial charge in [-0.1, -0.05) is 6.07 Å². The summed E-state index contributed by atoms with van der Waals surface area (Å²) in [6.45, 7) is 3.73. The Morgan fingerprint density at radius 2 is 1.81 bits per heavy atom. The average Bonchev–Trinajstić information content (AvgIpc) is 2.40. The molecule has 2 rings (SSSR count). The van der Waals surface area contributed by atoms with Crippen LogP contribution in [0.4, 0.5) is 0 Å². The fourth-order valence-electron chi connectivity index (χ4n) is 2.90. The van der Waals surface area contributed by atoms with Crippen molar-refractivity contribution >= 4 is 10.0 Å². The van der Waals surface area contributed by atoms with E-state index in [1.807, 2.05) is 19.9 Å². The van der Waals surface area contributed by atoms with Crippen molar-refractivity contribution in [3.8, 4) is 5.75 Å². The summed E-state index contributed by atoms with van der Waals surface area (Å²) in [6, 6.07) is 3.72. The van der Waals surface area contributed by atoms with E-state index in [0.717, 1.165) is 36.8 Å². The van der Waals surface area contributed by atoms with Crippen LogP contribution >= 0.6 is 0 Å². The molecule has 0 bridgehead atoms. The average molecular weight is 312 g/mol. The number of hydrogen-bond donors (Lipinski definition) is 2. The molecule has 3 N–H and O–H groups in total. The van der Waals surface area contributed by atoms with Gasteiger partial charge in [0.2, 0.25) is 10.0 Å². The van der Waals surface area contributed by atoms with Crippen molar-refractivity contribution in [2.75, 3.05) is 7.11 Å². The van der Waals surface area contributed by atoms with Gasteiger partial charge in [-0.25, -0.2) is 13.1 Å². The standard InChI is InChI=1S/C15H24N2O3S/c1-10-8-11(2)15(20-3)14(9-10)21(18,19)17-13-6-4-12(16)5-7-13/h8-9,12-13,17H,4-7,16H2,1-3H3. The van der Waals surface area contributed by atoms with Crippen LogP contribution in [0.25, 0.3) is 0 Å². The van der Waals surface area contributed by atoms with Crippen LogP contribution < -0.4 is 15.2 Å². The summed E-state index contributed by atoms with van der Waals surface area (Å²) >= 11 is 0. The number of ether oxygens (including phenoxy) is 1. The minimum Gasteiger partial charge on any atom is -0.495 e. The van der Waals surface area contributed by atoms with E-state index in [-0.39, 0.29) is 17.0 Å². The molecule has 1 saturated carbocycles. The normalized spacial score (nSPS) is 23.0. The van der Waals surface area contributed by atoms with Crippen molar-refractivity contribution in [1.29, 1.82) is 0 Å². The molecule has 5 nitrogen and oxygen atoms in total. The van der Waals surface area contributed by atoms with Crippen LogP contribution in [0.5, 0.6) is 5.75 Å². The van der Waals surface area contributed by atoms with E-state index in [4.69, 9.17) is 10.5 Å². The molecule has 0 heterocycles. The molecule has 0 atom stereocenters. The summed E-state index contributed by atoms with van der Waals surface area (Å²) in [6.07, 6.45) is 3.29. The summed E-state index contributed by atoms with van der Waals surface area (Å²) in [5.74, 6) is 0.417. The maximum atomic E-state index is 12.6. The van der Waals surface area contributed by atoms with Crippen LogP contribution in [0.2, 0.25) is 0 Å². The van der Waals surface area contributed by atoms with Crippen molar-refractivity contribution in [3.05, 3.63) is 23.3 Å². The van der Waals surface area contributed by atoms with Gasteiger partial charge in [0, 0.05) is 12.1 Å². The third-order valence-electron chi connectivity index (χ3n) is 3.97. The SMILES string of the molecule is COc1c(C)cc(C)cc1S(=O)(=O)NC1CCC(N)CC1. The smallest absolute Gasteiger partial charge is 0.244 e. The zero-order chi connectivity index (χ0) is 15.6. The van der Waals surface area contributed by atoms with E-state index in [9.17, 15) is 8.42 Å². The van der Waals surface area contributed by atoms with E-state index < -0.39 is 10.0 Å². The number of sulfonamides is 1. The maximum absolute atomic E-state index is 12.6. The maximum Gasteiger partial charge on any atom is 0.244 e. The number of hydrogen-bond acceptors (Lipinski definition) is 4. The largest absolute Gasteiger partial charge is 0.495 e. The van der Waals surface area contributed by atoms with Gasteiger partial charge >= 0.3 is 0 Å². The fourth-order valence-corrected chi connectivity index (χ4v) is 4.53. The predicted molar refractivity (Wildman–Crippen MR) is 83.0 cm³/mol. The second-order valence-corrected chi connectivity index (χ2v) is 7.53. The van der Waals surface area contributed by atoms with Gasteiger partial charge in [-0.3, -0.25) is 0 Å². The topological polar surface area (TPSA) is 81.4 Å². The molecular weight excluding hydrogens is 288 g/mol. The first-order valence-corrected chi connectivity index (χ1v) is 8.75. The lowest BCUT2D eigenvalue weighted by Gasteiger charge is -2.27. The molecule has 1 aromatic rings. The first-order chi connectivity index (χ1) is 9.83. The van der Waals surface area contributed by atoms with Gasteiger partial charge in [-0.2, -0.15) is 0 Å². The van der Waals surface area contributed by atoms with Crippen LogP contribution in [0.1, 0.15) is 36.8 Å². The van der Waals surface area contributed by atoms with E-state index in [1.165, 1.54) is 7.11 Å². The molecule has 21 heavy (non-hydrogen) atoms. The first kappa shape index (κ1) is 16.3. The molecule has 1 aromatic carbocycles. The summed E-state index contributed by atoms with van der Waals surface area (Å²) in [5.41, 5.74) is 7.58. The van der Waals surface area contributed by atoms with Crippen molar-refractivity contribution in [2.45, 2.75) is 56.5 Å². The molecule has 0 radical (unpaired) electrons. The molecule has 0 spiro atoms. The third-order valence-corrected chi connectivity index (χ3v) is 5.50. The quantitative estimate of drug-likeness (QED) is 0.889. The van der Waals surface area contributed by atoms with E-state index in [2.05, 4.69) is 4.72 Å². The Morgan fingerprint density at radius 3 is 2.38 bits per heavy atom. The highest BCUT2D eigenvalue weighted by Crippen LogP contribution is 2.30. The van der Waals surface area contributed by atoms with Gasteiger partial charge in [0.15, 0.2) is 0 Å². The second-order valence-electron chi connectivity index (χ2n) is 5.85. The van der Waals surface area contributed by atoms with Gasteiger partial charge in [0.25, 0.3) is 0 Å². The number of nitrogens with one attached hydrogen (secondary N) is 1. The van der Waals surface area contributed by atoms with E-state index in [0.29, 0.717) is 5.75 Å². The third kappa shape index (κ3) is 3.75. The first-order valence-electron chi connectivity index (χ1n) is 7.26. The molecule has 6 heteroatoms. The van der Waals surface area contributed by atoms with Gasteiger partial charge in [0.05, 0.1) is 7.11 Å². The predicted octanol–water partition coefficient (Wildman–Crippen LogP) is 1.86. The minimum atomic E-state index is -3.58. The molecule has 0 saturated heterocycles. The number of aryl methyl sites for hydroxylation is 2. The Kier molecular flexibility index (Phi) is 4.91. The molecule has 1 aliphatic carbocycles. The monoisotopic (exact) mass is 312 g/mol. The van der Waals surface area contributed by atoms with Crippen LogP contribution in [-0.4, -0.2) is 27.6 Å². The lowest BCUT2D eigenvalue weighted by atomic mass is 9.93. The molecule has 1 aliphatic rings. The highest BCUT2D eigenvalue weighted by Gasteiger charge is 2.27. The number of rotatable bonds is 4. The lowest BCUT2D eigenvalue weighted by Crippen LogP contribution is -2.40. The van der Waals surface area contributed by atoms with Crippen molar-refractivity contribution in [2.24, 2.45) is 5.73 Å². The zero-order valence-electron chi connectivity index (χ0n) is 12.8. The van der Waals surface area contributed by atoms with Crippen LogP contribution in [0.15, 0.2) is 17.0 Å². The molecule has 0 unspecified atom stereocenters. The van der Waals surface area contributed by atoms with Crippen molar-refractivity contribution in [1.82, 2.24) is 4.72 Å². The Balaban J connectivity index is 2.27. The van der Waals surface area contributed by atoms with Crippen molar-refractivity contribution in [3.63, 3.8) is 0 Å². The molecule has 0 amide bonds. The Labute approximate surface area is 126 Å². The number of methoxy groups -OCH3 is 1. The Hall–Kier alpha value is -1.11. The number of benzene rings is 1. The van der Waals surface area contributed by atoms with Crippen molar-refractivity contribution < 1.29 is 13.2 Å². The highest BCUT2D eigenvalue weighted by atomic mass is 32.2. The van der Waals surface area contributed by atoms with Gasteiger partial charge in [-0.15, -0.1) is 0 Å². The summed E-state index contributed by atoms with van der Waals surface area (Å²) in [4.78, 5) is 0.220. The van der Waals surface area contributed by atoms with Crippen LogP contribution in [0.3, 0.4) is 0 Å². The molecule has 1 fully saturated rings. The zero-order valence-corrected chi connectivity index (χ0v) is 13.7. The fraction of sp³-hybridized carbons (Fsp3) is 0.600. The lowest BCUT2D eigenvalue weighted by molar-refractivity contribution is 0.371. The minimum absolute atomic E-state index is 0.0414. The van der Waals surface area contributed by atoms with Crippen LogP contribution in [0, 0.1) is 13.8 Å². The summed E-state index contributed by atoms with van der Waals surface area (Å²) in [5, 5.41) is 0. The summed E-state index contributed by atoms with van der Waals surface area (Å²) < 4.78 is 33.4. The highest BCUT2D eigenvalue weighted by molar-refractivity contribution is 7.89. The Morgan fingerprint density at radius 1 is 1.19 bits per heavy atom. The van der Waals surface area contributed by atoms with E-state index in [1.54, 1.807) is 6.07 Å². The molecule has 0 aromatic heterocycles. The molecule has 0 aliphatic heterocycles. The number of nitrogens with two attached hydrogens (primary N) is 1. The van der Waals surface area contributed by atoms with Crippen LogP contribution in [-0.2, 0) is 10.0 Å². The van der Waals surface area contributed by atoms with E-state index >= 15 is 0 Å². The molecular formula is C15H24N2O3S.